The normalized spacial score (nSPS) is 27.6. The van der Waals surface area contributed by atoms with Crippen LogP contribution in [0.15, 0.2) is 42.6 Å². The summed E-state index contributed by atoms with van der Waals surface area (Å²) in [5.74, 6) is -4.30. The number of aliphatic hydroxyl groups is 1. The quantitative estimate of drug-likeness (QED) is 0.204. The van der Waals surface area contributed by atoms with Crippen LogP contribution >= 0.6 is 20.0 Å². The molecular weight excluding hydrogens is 552 g/mol. The van der Waals surface area contributed by atoms with Gasteiger partial charge in [-0.05, 0) is 51.2 Å². The predicted molar refractivity (Wildman–Crippen MR) is 132 cm³/mol. The summed E-state index contributed by atoms with van der Waals surface area (Å²) in [4.78, 5) is 16.0. The molecule has 4 N–H and O–H groups in total. The molecule has 1 fully saturated rings. The molecule has 0 amide bonds. The molecule has 0 saturated carbocycles. The highest BCUT2D eigenvalue weighted by Gasteiger charge is 2.67. The van der Waals surface area contributed by atoms with Gasteiger partial charge in [-0.2, -0.15) is 5.09 Å². The molecule has 0 aliphatic carbocycles. The molecule has 0 radical (unpaired) electrons. The molecule has 2 aromatic rings. The number of carbonyl (C=O) groups excluding carboxylic acids is 1. The van der Waals surface area contributed by atoms with Crippen LogP contribution in [0, 0.1) is 4.77 Å². The molecular formula is C22H28F3N4O7PS. The molecule has 1 aromatic carbocycles. The molecule has 38 heavy (non-hydrogen) atoms. The largest absolute Gasteiger partial charge is 0.462 e. The summed E-state index contributed by atoms with van der Waals surface area (Å²) in [7, 11) is -4.63. The number of nitrogens with zero attached hydrogens (tertiary/aromatic N) is 2. The lowest BCUT2D eigenvalue weighted by Gasteiger charge is -2.28. The third-order valence-corrected chi connectivity index (χ3v) is 7.27. The van der Waals surface area contributed by atoms with Crippen molar-refractivity contribution >= 4 is 31.8 Å². The number of nitrogens with two attached hydrogens (primary N) is 1. The van der Waals surface area contributed by atoms with Crippen LogP contribution in [-0.4, -0.2) is 63.7 Å². The second-order valence-electron chi connectivity index (χ2n) is 8.77. The number of alkyl halides is 3. The summed E-state index contributed by atoms with van der Waals surface area (Å²) in [5, 5.41) is 12.8. The van der Waals surface area contributed by atoms with Crippen LogP contribution in [0.1, 0.15) is 27.0 Å². The van der Waals surface area contributed by atoms with Crippen LogP contribution in [-0.2, 0) is 23.4 Å². The van der Waals surface area contributed by atoms with Crippen LogP contribution in [0.25, 0.3) is 0 Å². The molecule has 1 aliphatic rings. The van der Waals surface area contributed by atoms with Gasteiger partial charge in [-0.3, -0.25) is 13.9 Å². The fourth-order valence-corrected chi connectivity index (χ4v) is 5.26. The maximum absolute atomic E-state index is 15.9. The van der Waals surface area contributed by atoms with Crippen LogP contribution in [0.2, 0.25) is 0 Å². The predicted octanol–water partition coefficient (Wildman–Crippen LogP) is 3.56. The second kappa shape index (κ2) is 11.7. The number of hydrogen-bond donors (Lipinski definition) is 3. The van der Waals surface area contributed by atoms with Gasteiger partial charge in [-0.15, -0.1) is 0 Å². The summed E-state index contributed by atoms with van der Waals surface area (Å²) in [6, 6.07) is 7.46. The molecule has 6 atom stereocenters. The fourth-order valence-electron chi connectivity index (χ4n) is 3.49. The fraction of sp³-hybridized carbons (Fsp3) is 0.500. The van der Waals surface area contributed by atoms with E-state index in [0.717, 1.165) is 10.8 Å². The number of ether oxygens (including phenoxy) is 2. The van der Waals surface area contributed by atoms with E-state index in [-0.39, 0.29) is 16.3 Å². The molecule has 2 heterocycles. The molecule has 1 aromatic heterocycles. The van der Waals surface area contributed by atoms with E-state index in [2.05, 4.69) is 10.1 Å². The van der Waals surface area contributed by atoms with E-state index in [0.29, 0.717) is 0 Å². The minimum absolute atomic E-state index is 0.00860. The van der Waals surface area contributed by atoms with Crippen molar-refractivity contribution in [3.8, 4) is 5.75 Å². The Kier molecular flexibility index (Phi) is 9.22. The average Bonchev–Trinajstić information content (AvgIpc) is 3.05. The zero-order valence-electron chi connectivity index (χ0n) is 20.6. The second-order valence-corrected chi connectivity index (χ2v) is 10.8. The molecule has 2 unspecified atom stereocenters. The van der Waals surface area contributed by atoms with Gasteiger partial charge < -0.3 is 24.8 Å². The summed E-state index contributed by atoms with van der Waals surface area (Å²) in [6.45, 7) is 1.20. The number of hydrogen-bond acceptors (Lipinski definition) is 10. The molecule has 0 bridgehead atoms. The third-order valence-electron chi connectivity index (χ3n) is 5.35. The molecule has 11 nitrogen and oxygen atoms in total. The van der Waals surface area contributed by atoms with Gasteiger partial charge in [0.05, 0.1) is 6.10 Å². The van der Waals surface area contributed by atoms with Crippen LogP contribution < -0.4 is 15.3 Å². The van der Waals surface area contributed by atoms with Gasteiger partial charge in [0.25, 0.3) is 5.85 Å². The minimum atomic E-state index is -4.63. The Labute approximate surface area is 221 Å². The van der Waals surface area contributed by atoms with Crippen LogP contribution in [0.4, 0.5) is 19.0 Å². The summed E-state index contributed by atoms with van der Waals surface area (Å²) in [6.07, 6.45) is -4.30. The molecule has 0 spiro atoms. The van der Waals surface area contributed by atoms with Gasteiger partial charge in [0.1, 0.15) is 30.9 Å². The Balaban J connectivity index is 1.88. The highest BCUT2D eigenvalue weighted by molar-refractivity contribution is 7.71. The average molecular weight is 581 g/mol. The number of esters is 1. The Morgan fingerprint density at radius 3 is 2.55 bits per heavy atom. The Bertz CT molecular complexity index is 1240. The lowest BCUT2D eigenvalue weighted by molar-refractivity contribution is -0.203. The van der Waals surface area contributed by atoms with Crippen molar-refractivity contribution in [2.45, 2.75) is 56.8 Å². The van der Waals surface area contributed by atoms with Crippen molar-refractivity contribution in [3.63, 3.8) is 0 Å². The molecule has 210 valence electrons. The summed E-state index contributed by atoms with van der Waals surface area (Å²) >= 11 is 4.99. The lowest BCUT2D eigenvalue weighted by atomic mass is 9.96. The first-order chi connectivity index (χ1) is 17.7. The number of para-hydroxylation sites is 1. The van der Waals surface area contributed by atoms with E-state index < -0.39 is 63.0 Å². The van der Waals surface area contributed by atoms with Crippen LogP contribution in [0.5, 0.6) is 5.75 Å². The van der Waals surface area contributed by atoms with E-state index in [1.54, 1.807) is 32.0 Å². The van der Waals surface area contributed by atoms with Gasteiger partial charge in [-0.1, -0.05) is 18.2 Å². The number of carbonyl (C=O) groups is 1. The Hall–Kier alpha value is -2.55. The topological polar surface area (TPSA) is 147 Å². The number of rotatable bonds is 11. The standard InChI is InChI=1S/C22H28F3N4O7PS/c1-13(2)34-17(30)14(3)28-37(32,36-15-7-5-4-6-8-15)33-12-22(25)18(31)21(24,11-23)19(35-22)29-10-9-16(26)27-20(29)38/h4-10,13-14,18-19,31H,11-12H2,1-3H3,(H,28,32)(H2,26,27,38)/t14-,18?,19+,21+,22+,37?/m0/s1. The smallest absolute Gasteiger partial charge is 0.459 e. The highest BCUT2D eigenvalue weighted by Crippen LogP contribution is 2.52. The lowest BCUT2D eigenvalue weighted by Crippen LogP contribution is -2.50. The van der Waals surface area contributed by atoms with Crippen molar-refractivity contribution in [2.24, 2.45) is 0 Å². The number of anilines is 1. The maximum Gasteiger partial charge on any atom is 0.459 e. The van der Waals surface area contributed by atoms with Gasteiger partial charge in [0, 0.05) is 6.20 Å². The van der Waals surface area contributed by atoms with Crippen molar-refractivity contribution in [1.82, 2.24) is 14.6 Å². The SMILES string of the molecule is CC(C)OC(=O)[C@H](C)NP(=O)(OC[C@@]1(F)O[C@@H](n2ccc(N)nc2=S)[C@@](F)(CF)C1O)Oc1ccccc1. The zero-order valence-corrected chi connectivity index (χ0v) is 22.3. The molecule has 1 aliphatic heterocycles. The molecule has 1 saturated heterocycles. The first-order valence-corrected chi connectivity index (χ1v) is 13.3. The van der Waals surface area contributed by atoms with E-state index in [1.165, 1.54) is 25.1 Å². The summed E-state index contributed by atoms with van der Waals surface area (Å²) < 4.78 is 80.1. The number of benzene rings is 1. The number of nitrogens with one attached hydrogen (secondary N) is 1. The van der Waals surface area contributed by atoms with Crippen LogP contribution in [0.3, 0.4) is 0 Å². The Morgan fingerprint density at radius 1 is 1.32 bits per heavy atom. The number of aromatic nitrogens is 2. The van der Waals surface area contributed by atoms with E-state index in [9.17, 15) is 18.9 Å². The third kappa shape index (κ3) is 6.53. The first-order valence-electron chi connectivity index (χ1n) is 11.3. The maximum atomic E-state index is 15.9. The van der Waals surface area contributed by atoms with E-state index in [4.69, 9.17) is 36.5 Å². The Morgan fingerprint density at radius 2 is 1.97 bits per heavy atom. The van der Waals surface area contributed by atoms with Crippen molar-refractivity contribution in [2.75, 3.05) is 19.0 Å². The first kappa shape index (κ1) is 30.0. The van der Waals surface area contributed by atoms with Gasteiger partial charge in [0.2, 0.25) is 10.4 Å². The number of halogens is 3. The number of nitrogen functional groups attached to an aromatic ring is 1. The molecule has 3 rings (SSSR count). The van der Waals surface area contributed by atoms with Gasteiger partial charge >= 0.3 is 13.7 Å². The minimum Gasteiger partial charge on any atom is -0.462 e. The van der Waals surface area contributed by atoms with E-state index >= 15 is 8.78 Å². The van der Waals surface area contributed by atoms with Gasteiger partial charge in [0.15, 0.2) is 12.3 Å². The zero-order chi connectivity index (χ0) is 28.3. The summed E-state index contributed by atoms with van der Waals surface area (Å²) in [5.41, 5.74) is 2.18. The monoisotopic (exact) mass is 580 g/mol. The van der Waals surface area contributed by atoms with Crippen molar-refractivity contribution in [3.05, 3.63) is 47.4 Å². The van der Waals surface area contributed by atoms with Crippen molar-refractivity contribution < 1.29 is 46.2 Å². The highest BCUT2D eigenvalue weighted by atomic mass is 32.1. The van der Waals surface area contributed by atoms with Gasteiger partial charge in [-0.25, -0.2) is 22.7 Å². The van der Waals surface area contributed by atoms with E-state index in [1.807, 2.05) is 0 Å². The number of aliphatic hydroxyl groups excluding tert-OH is 1. The molecule has 16 heteroatoms. The van der Waals surface area contributed by atoms with Crippen molar-refractivity contribution in [1.29, 1.82) is 0 Å².